The van der Waals surface area contributed by atoms with E-state index < -0.39 is 0 Å². The van der Waals surface area contributed by atoms with Gasteiger partial charge in [-0.05, 0) is 56.3 Å². The Kier molecular flexibility index (Phi) is 2.17. The highest BCUT2D eigenvalue weighted by Gasteiger charge is 2.54. The molecule has 0 amide bonds. The van der Waals surface area contributed by atoms with Gasteiger partial charge in [-0.25, -0.2) is 0 Å². The summed E-state index contributed by atoms with van der Waals surface area (Å²) >= 11 is 0. The summed E-state index contributed by atoms with van der Waals surface area (Å²) in [6.07, 6.45) is 7.72. The lowest BCUT2D eigenvalue weighted by atomic mass is 9.52. The molecule has 5 aliphatic rings. The summed E-state index contributed by atoms with van der Waals surface area (Å²) in [6, 6.07) is 0. The molecule has 4 heteroatoms. The molecule has 4 aliphatic carbocycles. The molecule has 1 heterocycles. The van der Waals surface area contributed by atoms with Crippen molar-refractivity contribution in [2.75, 3.05) is 13.1 Å². The molecule has 5 rings (SSSR count). The van der Waals surface area contributed by atoms with Gasteiger partial charge in [-0.1, -0.05) is 0 Å². The molecular weight excluding hydrogens is 230 g/mol. The van der Waals surface area contributed by atoms with E-state index >= 15 is 0 Å². The summed E-state index contributed by atoms with van der Waals surface area (Å²) in [5.74, 6) is 1.79. The summed E-state index contributed by atoms with van der Waals surface area (Å²) in [5, 5.41) is 0. The van der Waals surface area contributed by atoms with E-state index in [0.29, 0.717) is 13.1 Å². The van der Waals surface area contributed by atoms with Crippen LogP contribution in [0.3, 0.4) is 0 Å². The van der Waals surface area contributed by atoms with Crippen molar-refractivity contribution in [3.63, 3.8) is 0 Å². The lowest BCUT2D eigenvalue weighted by Crippen LogP contribution is -2.63. The first-order valence-electron chi connectivity index (χ1n) is 7.11. The molecule has 0 spiro atoms. The van der Waals surface area contributed by atoms with Crippen LogP contribution < -0.4 is 0 Å². The van der Waals surface area contributed by atoms with Gasteiger partial charge in [-0.15, -0.1) is 0 Å². The van der Waals surface area contributed by atoms with Gasteiger partial charge in [0.2, 0.25) is 0 Å². The molecule has 1 aliphatic heterocycles. The topological polar surface area (TPSA) is 46.6 Å². The SMILES string of the molecule is O=C1CN(C23CC4CC(CC(C4)C2)C3)CC(=O)O1. The molecule has 4 saturated carbocycles. The first kappa shape index (κ1) is 11.0. The molecular formula is C14H19NO3. The van der Waals surface area contributed by atoms with Crippen molar-refractivity contribution in [1.29, 1.82) is 0 Å². The highest BCUT2D eigenvalue weighted by atomic mass is 16.6. The van der Waals surface area contributed by atoms with Crippen LogP contribution in [0.2, 0.25) is 0 Å². The third kappa shape index (κ3) is 1.54. The number of morpholine rings is 1. The van der Waals surface area contributed by atoms with Gasteiger partial charge >= 0.3 is 11.9 Å². The first-order chi connectivity index (χ1) is 8.63. The maximum Gasteiger partial charge on any atom is 0.327 e. The average molecular weight is 249 g/mol. The largest absolute Gasteiger partial charge is 0.391 e. The van der Waals surface area contributed by atoms with Gasteiger partial charge in [0, 0.05) is 5.54 Å². The molecule has 0 radical (unpaired) electrons. The van der Waals surface area contributed by atoms with Crippen molar-refractivity contribution in [3.05, 3.63) is 0 Å². The summed E-state index contributed by atoms with van der Waals surface area (Å²) < 4.78 is 4.66. The Morgan fingerprint density at radius 2 is 1.33 bits per heavy atom. The molecule has 1 saturated heterocycles. The zero-order valence-corrected chi connectivity index (χ0v) is 10.6. The molecule has 0 aromatic heterocycles. The number of nitrogens with zero attached hydrogens (tertiary/aromatic N) is 1. The van der Waals surface area contributed by atoms with Crippen molar-refractivity contribution in [3.8, 4) is 0 Å². The van der Waals surface area contributed by atoms with Gasteiger partial charge in [-0.3, -0.25) is 14.5 Å². The third-order valence-corrected chi connectivity index (χ3v) is 5.54. The minimum absolute atomic E-state index is 0.143. The van der Waals surface area contributed by atoms with Gasteiger partial charge in [0.25, 0.3) is 0 Å². The lowest BCUT2D eigenvalue weighted by Gasteiger charge is -2.60. The maximum atomic E-state index is 11.5. The van der Waals surface area contributed by atoms with Gasteiger partial charge in [0.05, 0.1) is 13.1 Å². The number of ether oxygens (including phenoxy) is 1. The fourth-order valence-corrected chi connectivity index (χ4v) is 5.35. The number of rotatable bonds is 1. The van der Waals surface area contributed by atoms with Crippen LogP contribution in [0.15, 0.2) is 0 Å². The van der Waals surface area contributed by atoms with Gasteiger partial charge in [-0.2, -0.15) is 0 Å². The van der Waals surface area contributed by atoms with E-state index in [0.717, 1.165) is 17.8 Å². The second kappa shape index (κ2) is 3.56. The Labute approximate surface area is 107 Å². The maximum absolute atomic E-state index is 11.5. The molecule has 4 nitrogen and oxygen atoms in total. The quantitative estimate of drug-likeness (QED) is 0.520. The molecule has 4 bridgehead atoms. The Morgan fingerprint density at radius 1 is 0.889 bits per heavy atom. The summed E-state index contributed by atoms with van der Waals surface area (Å²) in [6.45, 7) is 0.635. The van der Waals surface area contributed by atoms with Crippen LogP contribution in [-0.4, -0.2) is 35.5 Å². The van der Waals surface area contributed by atoms with Crippen LogP contribution >= 0.6 is 0 Å². The van der Waals surface area contributed by atoms with Gasteiger partial charge in [0.15, 0.2) is 0 Å². The van der Waals surface area contributed by atoms with E-state index in [9.17, 15) is 9.59 Å². The number of cyclic esters (lactones) is 2. The monoisotopic (exact) mass is 249 g/mol. The van der Waals surface area contributed by atoms with Crippen molar-refractivity contribution in [2.45, 2.75) is 44.1 Å². The Bertz CT molecular complexity index is 366. The molecule has 0 unspecified atom stereocenters. The van der Waals surface area contributed by atoms with E-state index in [1.165, 1.54) is 38.5 Å². The minimum Gasteiger partial charge on any atom is -0.391 e. The van der Waals surface area contributed by atoms with E-state index in [2.05, 4.69) is 9.64 Å². The minimum atomic E-state index is -0.359. The molecule has 98 valence electrons. The Balaban J connectivity index is 1.63. The fraction of sp³-hybridized carbons (Fsp3) is 0.857. The van der Waals surface area contributed by atoms with Crippen molar-refractivity contribution < 1.29 is 14.3 Å². The first-order valence-corrected chi connectivity index (χ1v) is 7.11. The number of hydrogen-bond donors (Lipinski definition) is 0. The van der Waals surface area contributed by atoms with Crippen molar-refractivity contribution in [2.24, 2.45) is 17.8 Å². The number of carbonyl (C=O) groups is 2. The normalized spacial score (nSPS) is 47.4. The van der Waals surface area contributed by atoms with Crippen LogP contribution in [0.1, 0.15) is 38.5 Å². The number of hydrogen-bond acceptors (Lipinski definition) is 4. The van der Waals surface area contributed by atoms with Crippen LogP contribution in [-0.2, 0) is 14.3 Å². The Hall–Kier alpha value is -0.900. The standard InChI is InChI=1S/C14H19NO3/c16-12-7-15(8-13(17)18-12)14-4-9-1-10(5-14)3-11(2-9)6-14/h9-11H,1-8H2. The summed E-state index contributed by atoms with van der Waals surface area (Å²) in [7, 11) is 0. The van der Waals surface area contributed by atoms with Crippen LogP contribution in [0, 0.1) is 17.8 Å². The highest BCUT2D eigenvalue weighted by molar-refractivity contribution is 5.90. The van der Waals surface area contributed by atoms with E-state index in [-0.39, 0.29) is 17.5 Å². The summed E-state index contributed by atoms with van der Waals surface area (Å²) in [5.41, 5.74) is 0.143. The smallest absolute Gasteiger partial charge is 0.327 e. The highest BCUT2D eigenvalue weighted by Crippen LogP contribution is 2.57. The lowest BCUT2D eigenvalue weighted by molar-refractivity contribution is -0.176. The predicted molar refractivity (Wildman–Crippen MR) is 63.6 cm³/mol. The molecule has 0 aromatic carbocycles. The van der Waals surface area contributed by atoms with Gasteiger partial charge < -0.3 is 4.74 Å². The average Bonchev–Trinajstić information content (AvgIpc) is 2.25. The second-order valence-corrected chi connectivity index (χ2v) is 6.84. The van der Waals surface area contributed by atoms with Crippen LogP contribution in [0.5, 0.6) is 0 Å². The van der Waals surface area contributed by atoms with Crippen molar-refractivity contribution in [1.82, 2.24) is 4.90 Å². The fourth-order valence-electron chi connectivity index (χ4n) is 5.35. The Morgan fingerprint density at radius 3 is 1.78 bits per heavy atom. The van der Waals surface area contributed by atoms with Crippen molar-refractivity contribution >= 4 is 11.9 Å². The zero-order valence-electron chi connectivity index (χ0n) is 10.6. The molecule has 5 fully saturated rings. The van der Waals surface area contributed by atoms with E-state index in [1.807, 2.05) is 0 Å². The summed E-state index contributed by atoms with van der Waals surface area (Å²) in [4.78, 5) is 25.1. The van der Waals surface area contributed by atoms with Crippen LogP contribution in [0.4, 0.5) is 0 Å². The molecule has 0 atom stereocenters. The second-order valence-electron chi connectivity index (χ2n) is 6.84. The number of esters is 2. The molecule has 0 aromatic rings. The third-order valence-electron chi connectivity index (χ3n) is 5.54. The molecule has 18 heavy (non-hydrogen) atoms. The van der Waals surface area contributed by atoms with E-state index in [1.54, 1.807) is 0 Å². The number of carbonyl (C=O) groups excluding carboxylic acids is 2. The van der Waals surface area contributed by atoms with Gasteiger partial charge in [0.1, 0.15) is 0 Å². The molecule has 0 N–H and O–H groups in total. The van der Waals surface area contributed by atoms with E-state index in [4.69, 9.17) is 0 Å². The van der Waals surface area contributed by atoms with Crippen LogP contribution in [0.25, 0.3) is 0 Å². The zero-order chi connectivity index (χ0) is 12.3. The predicted octanol–water partition coefficient (Wildman–Crippen LogP) is 1.34.